The number of quaternary nitrogens is 1. The molecule has 0 radical (unpaired) electrons. The van der Waals surface area contributed by atoms with Crippen molar-refractivity contribution in [1.29, 1.82) is 0 Å². The lowest BCUT2D eigenvalue weighted by Gasteiger charge is -2.07. The lowest BCUT2D eigenvalue weighted by Crippen LogP contribution is -3.00. The first-order valence-corrected chi connectivity index (χ1v) is 7.68. The first-order chi connectivity index (χ1) is 9.48. The van der Waals surface area contributed by atoms with Crippen LogP contribution in [0.4, 0.5) is 5.69 Å². The van der Waals surface area contributed by atoms with E-state index in [0.717, 1.165) is 16.6 Å². The zero-order chi connectivity index (χ0) is 14.3. The Kier molecular flexibility index (Phi) is 4.09. The van der Waals surface area contributed by atoms with Crippen molar-refractivity contribution in [3.05, 3.63) is 60.3 Å². The summed E-state index contributed by atoms with van der Waals surface area (Å²) in [6, 6.07) is 14.1. The number of halogens is 1. The molecule has 0 amide bonds. The molecule has 0 aliphatic carbocycles. The summed E-state index contributed by atoms with van der Waals surface area (Å²) in [6.45, 7) is 1.93. The number of rotatable bonds is 2. The van der Waals surface area contributed by atoms with Crippen LogP contribution in [0, 0.1) is 6.92 Å². The molecule has 0 aliphatic heterocycles. The second-order valence-electron chi connectivity index (χ2n) is 4.82. The third-order valence-electron chi connectivity index (χ3n) is 3.30. The Bertz CT molecular complexity index is 884. The van der Waals surface area contributed by atoms with Crippen LogP contribution < -0.4 is 18.1 Å². The minimum Gasteiger partial charge on any atom is -1.00 e. The molecule has 0 aliphatic rings. The largest absolute Gasteiger partial charge is 1.00 e. The van der Waals surface area contributed by atoms with Gasteiger partial charge in [0.05, 0.1) is 10.4 Å². The van der Waals surface area contributed by atoms with E-state index >= 15 is 0 Å². The van der Waals surface area contributed by atoms with Gasteiger partial charge in [0.1, 0.15) is 5.69 Å². The Morgan fingerprint density at radius 3 is 2.33 bits per heavy atom. The fourth-order valence-corrected chi connectivity index (χ4v) is 3.55. The Labute approximate surface area is 129 Å². The van der Waals surface area contributed by atoms with Crippen molar-refractivity contribution < 1.29 is 26.6 Å². The minimum absolute atomic E-state index is 0. The summed E-state index contributed by atoms with van der Waals surface area (Å²) in [5.41, 5.74) is 6.41. The van der Waals surface area contributed by atoms with E-state index < -0.39 is 10.0 Å². The van der Waals surface area contributed by atoms with Gasteiger partial charge in [-0.2, -0.15) is 0 Å². The quantitative estimate of drug-likeness (QED) is 0.662. The Balaban J connectivity index is 0.00000161. The average molecular weight is 323 g/mol. The van der Waals surface area contributed by atoms with Gasteiger partial charge in [0, 0.05) is 23.7 Å². The average Bonchev–Trinajstić information content (AvgIpc) is 2.82. The standard InChI is InChI=1S/C15H14N2O2S.ClH/c1-11-2-5-14(6-3-11)20(18,19)17-9-8-12-10-13(16)4-7-15(12)17;/h2-10H,16H2,1H3;1H. The van der Waals surface area contributed by atoms with Crippen molar-refractivity contribution in [3.8, 4) is 0 Å². The van der Waals surface area contributed by atoms with Gasteiger partial charge in [-0.25, -0.2) is 12.4 Å². The molecule has 4 nitrogen and oxygen atoms in total. The molecule has 110 valence electrons. The monoisotopic (exact) mass is 322 g/mol. The predicted octanol–water partition coefficient (Wildman–Crippen LogP) is -0.936. The molecule has 2 aromatic carbocycles. The highest BCUT2D eigenvalue weighted by atomic mass is 35.5. The molecule has 6 heteroatoms. The number of nitrogens with zero attached hydrogens (tertiary/aromatic N) is 1. The summed E-state index contributed by atoms with van der Waals surface area (Å²) in [4.78, 5) is 0.291. The minimum atomic E-state index is -3.56. The maximum atomic E-state index is 12.7. The lowest BCUT2D eigenvalue weighted by atomic mass is 10.2. The highest BCUT2D eigenvalue weighted by Gasteiger charge is 2.18. The van der Waals surface area contributed by atoms with Crippen LogP contribution in [0.15, 0.2) is 59.6 Å². The molecule has 21 heavy (non-hydrogen) atoms. The molecule has 3 aromatic rings. The van der Waals surface area contributed by atoms with Gasteiger partial charge >= 0.3 is 0 Å². The van der Waals surface area contributed by atoms with E-state index in [1.54, 1.807) is 42.6 Å². The van der Waals surface area contributed by atoms with E-state index in [-0.39, 0.29) is 12.4 Å². The van der Waals surface area contributed by atoms with Gasteiger partial charge < -0.3 is 18.1 Å². The Morgan fingerprint density at radius 2 is 1.67 bits per heavy atom. The molecule has 3 rings (SSSR count). The van der Waals surface area contributed by atoms with E-state index in [2.05, 4.69) is 5.73 Å². The molecule has 0 spiro atoms. The molecular formula is C15H15ClN2O2S. The third kappa shape index (κ3) is 2.68. The number of aryl methyl sites for hydroxylation is 1. The molecule has 0 fully saturated rings. The van der Waals surface area contributed by atoms with E-state index in [1.807, 2.05) is 19.1 Å². The van der Waals surface area contributed by atoms with Crippen molar-refractivity contribution >= 4 is 26.6 Å². The molecule has 1 aromatic heterocycles. The fraction of sp³-hybridized carbons (Fsp3) is 0.0667. The highest BCUT2D eigenvalue weighted by molar-refractivity contribution is 7.90. The fourth-order valence-electron chi connectivity index (χ4n) is 2.20. The van der Waals surface area contributed by atoms with Gasteiger partial charge in [-0.1, -0.05) is 17.7 Å². The van der Waals surface area contributed by atoms with Gasteiger partial charge in [-0.05, 0) is 31.2 Å². The van der Waals surface area contributed by atoms with Gasteiger partial charge in [-0.15, -0.1) is 0 Å². The van der Waals surface area contributed by atoms with Gasteiger partial charge in [0.25, 0.3) is 10.0 Å². The van der Waals surface area contributed by atoms with Crippen molar-refractivity contribution in [2.45, 2.75) is 11.8 Å². The van der Waals surface area contributed by atoms with Crippen LogP contribution in [0.2, 0.25) is 0 Å². The lowest BCUT2D eigenvalue weighted by molar-refractivity contribution is -0.254. The normalized spacial score (nSPS) is 11.3. The molecule has 0 saturated heterocycles. The molecule has 0 bridgehead atoms. The number of aromatic nitrogens is 1. The number of hydrogen-bond acceptors (Lipinski definition) is 2. The number of benzene rings is 2. The van der Waals surface area contributed by atoms with Crippen molar-refractivity contribution in [2.24, 2.45) is 0 Å². The predicted molar refractivity (Wildman–Crippen MR) is 78.2 cm³/mol. The molecule has 3 N–H and O–H groups in total. The Morgan fingerprint density at radius 1 is 1.00 bits per heavy atom. The van der Waals surface area contributed by atoms with Crippen LogP contribution in [0.25, 0.3) is 10.9 Å². The zero-order valence-electron chi connectivity index (χ0n) is 11.5. The van der Waals surface area contributed by atoms with Crippen LogP contribution in [0.3, 0.4) is 0 Å². The second-order valence-corrected chi connectivity index (χ2v) is 6.64. The van der Waals surface area contributed by atoms with Crippen molar-refractivity contribution in [2.75, 3.05) is 0 Å². The van der Waals surface area contributed by atoms with Crippen molar-refractivity contribution in [3.63, 3.8) is 0 Å². The van der Waals surface area contributed by atoms with Crippen LogP contribution in [-0.4, -0.2) is 12.4 Å². The summed E-state index contributed by atoms with van der Waals surface area (Å²) >= 11 is 0. The molecule has 1 heterocycles. The Hall–Kier alpha value is -1.82. The van der Waals surface area contributed by atoms with Crippen LogP contribution >= 0.6 is 0 Å². The summed E-state index contributed by atoms with van der Waals surface area (Å²) in [7, 11) is -3.56. The molecule has 0 unspecified atom stereocenters. The van der Waals surface area contributed by atoms with E-state index in [0.29, 0.717) is 10.4 Å². The summed E-state index contributed by atoms with van der Waals surface area (Å²) in [5, 5.41) is 0.869. The first kappa shape index (κ1) is 15.6. The SMILES string of the molecule is Cc1ccc(S(=O)(=O)n2ccc3cc([NH3+])ccc32)cc1.[Cl-]. The third-order valence-corrected chi connectivity index (χ3v) is 5.00. The topological polar surface area (TPSA) is 66.7 Å². The first-order valence-electron chi connectivity index (χ1n) is 6.24. The van der Waals surface area contributed by atoms with E-state index in [1.165, 1.54) is 3.97 Å². The summed E-state index contributed by atoms with van der Waals surface area (Å²) in [5.74, 6) is 0. The highest BCUT2D eigenvalue weighted by Crippen LogP contribution is 2.23. The number of hydrogen-bond donors (Lipinski definition) is 1. The molecular weight excluding hydrogens is 308 g/mol. The smallest absolute Gasteiger partial charge is 0.268 e. The van der Waals surface area contributed by atoms with Gasteiger partial charge in [0.2, 0.25) is 0 Å². The second kappa shape index (κ2) is 5.52. The molecule has 0 saturated carbocycles. The maximum Gasteiger partial charge on any atom is 0.268 e. The van der Waals surface area contributed by atoms with Crippen molar-refractivity contribution in [1.82, 2.24) is 3.97 Å². The summed E-state index contributed by atoms with van der Waals surface area (Å²) < 4.78 is 26.6. The maximum absolute atomic E-state index is 12.7. The van der Waals surface area contributed by atoms with Crippen LogP contribution in [-0.2, 0) is 10.0 Å². The van der Waals surface area contributed by atoms with Crippen LogP contribution in [0.1, 0.15) is 5.56 Å². The number of fused-ring (bicyclic) bond motifs is 1. The summed E-state index contributed by atoms with van der Waals surface area (Å²) in [6.07, 6.45) is 1.58. The van der Waals surface area contributed by atoms with E-state index in [9.17, 15) is 8.42 Å². The van der Waals surface area contributed by atoms with E-state index in [4.69, 9.17) is 0 Å². The van der Waals surface area contributed by atoms with Gasteiger partial charge in [-0.3, -0.25) is 0 Å². The molecule has 0 atom stereocenters. The van der Waals surface area contributed by atoms with Crippen LogP contribution in [0.5, 0.6) is 0 Å². The zero-order valence-corrected chi connectivity index (χ0v) is 13.0. The van der Waals surface area contributed by atoms with Gasteiger partial charge in [0.15, 0.2) is 0 Å².